The molecule has 1 N–H and O–H groups in total. The molecular formula is C16H22F3NO2. The zero-order chi connectivity index (χ0) is 16.2. The van der Waals surface area contributed by atoms with Gasteiger partial charge >= 0.3 is 6.18 Å². The molecule has 1 aromatic carbocycles. The Bertz CT molecular complexity index is 483. The van der Waals surface area contributed by atoms with Gasteiger partial charge in [-0.3, -0.25) is 0 Å². The van der Waals surface area contributed by atoms with Crippen LogP contribution < -0.4 is 9.64 Å². The second kappa shape index (κ2) is 7.22. The van der Waals surface area contributed by atoms with E-state index < -0.39 is 12.6 Å². The largest absolute Gasteiger partial charge is 0.497 e. The van der Waals surface area contributed by atoms with Gasteiger partial charge in [0.25, 0.3) is 0 Å². The van der Waals surface area contributed by atoms with Crippen LogP contribution in [0.4, 0.5) is 18.9 Å². The van der Waals surface area contributed by atoms with Crippen molar-refractivity contribution in [1.29, 1.82) is 0 Å². The van der Waals surface area contributed by atoms with Crippen LogP contribution >= 0.6 is 0 Å². The smallest absolute Gasteiger partial charge is 0.389 e. The van der Waals surface area contributed by atoms with E-state index in [4.69, 9.17) is 4.74 Å². The average molecular weight is 317 g/mol. The average Bonchev–Trinajstić information content (AvgIpc) is 2.52. The number of methoxy groups -OCH3 is 1. The first kappa shape index (κ1) is 16.9. The van der Waals surface area contributed by atoms with Gasteiger partial charge in [-0.1, -0.05) is 6.07 Å². The van der Waals surface area contributed by atoms with Crippen molar-refractivity contribution < 1.29 is 23.0 Å². The molecule has 0 saturated carbocycles. The lowest BCUT2D eigenvalue weighted by Gasteiger charge is -2.34. The minimum Gasteiger partial charge on any atom is -0.497 e. The first-order valence-electron chi connectivity index (χ1n) is 7.52. The molecule has 0 aliphatic carbocycles. The number of benzene rings is 1. The Kier molecular flexibility index (Phi) is 5.56. The van der Waals surface area contributed by atoms with Crippen LogP contribution in [0.3, 0.4) is 0 Å². The topological polar surface area (TPSA) is 32.7 Å². The van der Waals surface area contributed by atoms with E-state index in [2.05, 4.69) is 4.90 Å². The monoisotopic (exact) mass is 317 g/mol. The highest BCUT2D eigenvalue weighted by Crippen LogP contribution is 2.32. The summed E-state index contributed by atoms with van der Waals surface area (Å²) in [6, 6.07) is 5.23. The summed E-state index contributed by atoms with van der Waals surface area (Å²) in [5, 5.41) is 9.19. The van der Waals surface area contributed by atoms with Gasteiger partial charge in [0.15, 0.2) is 0 Å². The van der Waals surface area contributed by atoms with Gasteiger partial charge in [-0.05, 0) is 36.8 Å². The van der Waals surface area contributed by atoms with Gasteiger partial charge in [0, 0.05) is 37.9 Å². The number of rotatable bonds is 5. The molecule has 1 fully saturated rings. The molecule has 0 amide bonds. The molecule has 6 heteroatoms. The van der Waals surface area contributed by atoms with E-state index in [1.165, 1.54) is 0 Å². The Hall–Kier alpha value is -1.43. The summed E-state index contributed by atoms with van der Waals surface area (Å²) in [5.41, 5.74) is 1.51. The number of aliphatic hydroxyl groups excluding tert-OH is 1. The summed E-state index contributed by atoms with van der Waals surface area (Å²) >= 11 is 0. The third kappa shape index (κ3) is 4.53. The van der Waals surface area contributed by atoms with E-state index in [9.17, 15) is 18.3 Å². The van der Waals surface area contributed by atoms with Crippen molar-refractivity contribution >= 4 is 5.69 Å². The number of nitrogens with zero attached hydrogens (tertiary/aromatic N) is 1. The fourth-order valence-electron chi connectivity index (χ4n) is 2.81. The van der Waals surface area contributed by atoms with Crippen molar-refractivity contribution in [2.75, 3.05) is 31.7 Å². The van der Waals surface area contributed by atoms with E-state index in [1.54, 1.807) is 19.2 Å². The third-order valence-electron chi connectivity index (χ3n) is 4.18. The summed E-state index contributed by atoms with van der Waals surface area (Å²) in [6.45, 7) is 1.67. The van der Waals surface area contributed by atoms with Crippen molar-refractivity contribution in [1.82, 2.24) is 0 Å². The molecule has 1 saturated heterocycles. The second-order valence-corrected chi connectivity index (χ2v) is 5.72. The third-order valence-corrected chi connectivity index (χ3v) is 4.18. The summed E-state index contributed by atoms with van der Waals surface area (Å²) < 4.78 is 42.7. The highest BCUT2D eigenvalue weighted by Gasteiger charge is 2.28. The van der Waals surface area contributed by atoms with Crippen LogP contribution in [0.25, 0.3) is 0 Å². The summed E-state index contributed by atoms with van der Waals surface area (Å²) in [7, 11) is 1.55. The molecule has 124 valence electrons. The van der Waals surface area contributed by atoms with Crippen molar-refractivity contribution in [2.45, 2.75) is 31.9 Å². The molecule has 1 aliphatic rings. The molecule has 3 nitrogen and oxygen atoms in total. The molecule has 1 aromatic rings. The first-order chi connectivity index (χ1) is 10.4. The molecule has 0 spiro atoms. The van der Waals surface area contributed by atoms with Crippen LogP contribution in [-0.2, 0) is 6.42 Å². The van der Waals surface area contributed by atoms with Gasteiger partial charge in [0.2, 0.25) is 0 Å². The number of hydrogen-bond acceptors (Lipinski definition) is 3. The van der Waals surface area contributed by atoms with Crippen LogP contribution in [0.5, 0.6) is 5.75 Å². The molecule has 0 bridgehead atoms. The van der Waals surface area contributed by atoms with Gasteiger partial charge in [-0.25, -0.2) is 0 Å². The Labute approximate surface area is 128 Å². The fourth-order valence-corrected chi connectivity index (χ4v) is 2.81. The van der Waals surface area contributed by atoms with Gasteiger partial charge in [-0.2, -0.15) is 13.2 Å². The van der Waals surface area contributed by atoms with Crippen molar-refractivity contribution in [3.63, 3.8) is 0 Å². The number of anilines is 1. The van der Waals surface area contributed by atoms with Crippen LogP contribution in [0.15, 0.2) is 18.2 Å². The molecule has 1 heterocycles. The maximum Gasteiger partial charge on any atom is 0.389 e. The Morgan fingerprint density at radius 1 is 1.27 bits per heavy atom. The molecule has 0 aromatic heterocycles. The lowest BCUT2D eigenvalue weighted by Crippen LogP contribution is -2.35. The van der Waals surface area contributed by atoms with Crippen LogP contribution in [0, 0.1) is 5.92 Å². The van der Waals surface area contributed by atoms with Crippen LogP contribution in [-0.4, -0.2) is 38.1 Å². The zero-order valence-electron chi connectivity index (χ0n) is 12.7. The molecule has 1 aliphatic heterocycles. The number of hydrogen-bond donors (Lipinski definition) is 1. The van der Waals surface area contributed by atoms with Crippen molar-refractivity contribution in [3.8, 4) is 5.75 Å². The standard InChI is InChI=1S/C16H22F3NO2/c1-22-14-3-2-13(4-7-16(17,18)19)15(10-14)20-8-5-12(11-21)6-9-20/h2-3,10,12,21H,4-9,11H2,1H3. The second-order valence-electron chi connectivity index (χ2n) is 5.72. The van der Waals surface area contributed by atoms with E-state index in [1.807, 2.05) is 6.07 Å². The molecule has 2 rings (SSSR count). The number of aryl methyl sites for hydroxylation is 1. The highest BCUT2D eigenvalue weighted by molar-refractivity contribution is 5.57. The number of ether oxygens (including phenoxy) is 1. The van der Waals surface area contributed by atoms with Crippen molar-refractivity contribution in [2.24, 2.45) is 5.92 Å². The predicted molar refractivity (Wildman–Crippen MR) is 79.4 cm³/mol. The summed E-state index contributed by atoms with van der Waals surface area (Å²) in [4.78, 5) is 2.10. The van der Waals surface area contributed by atoms with Gasteiger partial charge in [0.05, 0.1) is 7.11 Å². The van der Waals surface area contributed by atoms with Crippen molar-refractivity contribution in [3.05, 3.63) is 23.8 Å². The first-order valence-corrected chi connectivity index (χ1v) is 7.52. The fraction of sp³-hybridized carbons (Fsp3) is 0.625. The molecular weight excluding hydrogens is 295 g/mol. The van der Waals surface area contributed by atoms with Gasteiger partial charge in [-0.15, -0.1) is 0 Å². The number of alkyl halides is 3. The van der Waals surface area contributed by atoms with E-state index >= 15 is 0 Å². The van der Waals surface area contributed by atoms with E-state index in [0.717, 1.165) is 31.6 Å². The number of piperidine rings is 1. The quantitative estimate of drug-likeness (QED) is 0.903. The maximum atomic E-state index is 12.5. The summed E-state index contributed by atoms with van der Waals surface area (Å²) in [5.74, 6) is 0.940. The van der Waals surface area contributed by atoms with Crippen LogP contribution in [0.1, 0.15) is 24.8 Å². The minimum absolute atomic E-state index is 0.0250. The zero-order valence-corrected chi connectivity index (χ0v) is 12.7. The van der Waals surface area contributed by atoms with E-state index in [0.29, 0.717) is 17.2 Å². The SMILES string of the molecule is COc1ccc(CCC(F)(F)F)c(N2CCC(CO)CC2)c1. The number of halogens is 3. The summed E-state index contributed by atoms with van der Waals surface area (Å²) in [6.07, 6.45) is -3.29. The van der Waals surface area contributed by atoms with Crippen LogP contribution in [0.2, 0.25) is 0 Å². The lowest BCUT2D eigenvalue weighted by molar-refractivity contribution is -0.133. The maximum absolute atomic E-state index is 12.5. The number of aliphatic hydroxyl groups is 1. The molecule has 0 atom stereocenters. The Morgan fingerprint density at radius 3 is 2.50 bits per heavy atom. The minimum atomic E-state index is -4.15. The Balaban J connectivity index is 2.16. The highest BCUT2D eigenvalue weighted by atomic mass is 19.4. The molecule has 22 heavy (non-hydrogen) atoms. The lowest BCUT2D eigenvalue weighted by atomic mass is 9.96. The normalized spacial score (nSPS) is 16.9. The predicted octanol–water partition coefficient (Wildman–Crippen LogP) is 3.40. The van der Waals surface area contributed by atoms with Gasteiger partial charge < -0.3 is 14.7 Å². The molecule has 0 radical (unpaired) electrons. The van der Waals surface area contributed by atoms with E-state index in [-0.39, 0.29) is 13.0 Å². The van der Waals surface area contributed by atoms with Gasteiger partial charge in [0.1, 0.15) is 5.75 Å². The Morgan fingerprint density at radius 2 is 1.95 bits per heavy atom. The molecule has 0 unspecified atom stereocenters.